The van der Waals surface area contributed by atoms with Crippen LogP contribution in [0.5, 0.6) is 0 Å². The molecule has 6 nitrogen and oxygen atoms in total. The summed E-state index contributed by atoms with van der Waals surface area (Å²) in [4.78, 5) is 4.11. The standard InChI is InChI=1S/C14H23ClN4O2S.HI/c1-14(2,19-22(4,20)21)10-18-13(16-3)17-9-11-5-7-12(15)8-6-11;/h5-8,19H,9-10H2,1-4H3,(H2,16,17,18);1H. The van der Waals surface area contributed by atoms with Crippen LogP contribution in [-0.4, -0.2) is 39.8 Å². The molecule has 1 aromatic rings. The van der Waals surface area contributed by atoms with Crippen molar-refractivity contribution in [2.24, 2.45) is 4.99 Å². The van der Waals surface area contributed by atoms with Gasteiger partial charge in [0.2, 0.25) is 10.0 Å². The Hall–Kier alpha value is -0.580. The Kier molecular flexibility index (Phi) is 9.41. The van der Waals surface area contributed by atoms with Gasteiger partial charge in [0.25, 0.3) is 0 Å². The van der Waals surface area contributed by atoms with E-state index in [2.05, 4.69) is 20.3 Å². The molecule has 0 heterocycles. The van der Waals surface area contributed by atoms with Crippen molar-refractivity contribution >= 4 is 51.6 Å². The molecule has 0 aliphatic carbocycles. The fourth-order valence-corrected chi connectivity index (χ4v) is 3.05. The predicted molar refractivity (Wildman–Crippen MR) is 107 cm³/mol. The van der Waals surface area contributed by atoms with Gasteiger partial charge in [-0.25, -0.2) is 13.1 Å². The van der Waals surface area contributed by atoms with E-state index in [9.17, 15) is 8.42 Å². The number of hydrogen-bond acceptors (Lipinski definition) is 3. The van der Waals surface area contributed by atoms with Crippen LogP contribution in [0.15, 0.2) is 29.3 Å². The lowest BCUT2D eigenvalue weighted by Gasteiger charge is -2.26. The third-order valence-electron chi connectivity index (χ3n) is 2.76. The van der Waals surface area contributed by atoms with Crippen LogP contribution in [0.1, 0.15) is 19.4 Å². The SMILES string of the molecule is CN=C(NCc1ccc(Cl)cc1)NCC(C)(C)NS(C)(=O)=O.I. The first-order chi connectivity index (χ1) is 10.1. The van der Waals surface area contributed by atoms with Gasteiger partial charge in [-0.1, -0.05) is 23.7 Å². The van der Waals surface area contributed by atoms with Crippen molar-refractivity contribution in [1.82, 2.24) is 15.4 Å². The molecule has 0 radical (unpaired) electrons. The maximum atomic E-state index is 11.3. The van der Waals surface area contributed by atoms with E-state index >= 15 is 0 Å². The molecule has 0 atom stereocenters. The largest absolute Gasteiger partial charge is 0.355 e. The Morgan fingerprint density at radius 3 is 2.26 bits per heavy atom. The number of hydrogen-bond donors (Lipinski definition) is 3. The van der Waals surface area contributed by atoms with Crippen LogP contribution in [0, 0.1) is 0 Å². The molecule has 23 heavy (non-hydrogen) atoms. The minimum atomic E-state index is -3.26. The quantitative estimate of drug-likeness (QED) is 0.334. The minimum absolute atomic E-state index is 0. The van der Waals surface area contributed by atoms with Crippen LogP contribution in [0.2, 0.25) is 5.02 Å². The molecule has 132 valence electrons. The molecule has 0 unspecified atom stereocenters. The van der Waals surface area contributed by atoms with Crippen LogP contribution in [-0.2, 0) is 16.6 Å². The highest BCUT2D eigenvalue weighted by atomic mass is 127. The van der Waals surface area contributed by atoms with E-state index in [1.54, 1.807) is 20.9 Å². The van der Waals surface area contributed by atoms with Crippen molar-refractivity contribution in [3.8, 4) is 0 Å². The van der Waals surface area contributed by atoms with Crippen molar-refractivity contribution in [3.05, 3.63) is 34.9 Å². The normalized spacial score (nSPS) is 12.5. The molecular weight excluding hydrogens is 451 g/mol. The molecule has 0 aromatic heterocycles. The lowest BCUT2D eigenvalue weighted by molar-refractivity contribution is 0.446. The Bertz CT molecular complexity index is 618. The number of halogens is 2. The number of sulfonamides is 1. The Morgan fingerprint density at radius 2 is 1.78 bits per heavy atom. The van der Waals surface area contributed by atoms with Gasteiger partial charge in [-0.2, -0.15) is 0 Å². The summed E-state index contributed by atoms with van der Waals surface area (Å²) in [7, 11) is -1.60. The van der Waals surface area contributed by atoms with Gasteiger partial charge >= 0.3 is 0 Å². The minimum Gasteiger partial charge on any atom is -0.355 e. The van der Waals surface area contributed by atoms with E-state index in [0.29, 0.717) is 24.1 Å². The van der Waals surface area contributed by atoms with Gasteiger partial charge in [-0.15, -0.1) is 24.0 Å². The van der Waals surface area contributed by atoms with Gasteiger partial charge < -0.3 is 10.6 Å². The second-order valence-electron chi connectivity index (χ2n) is 5.66. The zero-order valence-electron chi connectivity index (χ0n) is 13.7. The van der Waals surface area contributed by atoms with Crippen LogP contribution >= 0.6 is 35.6 Å². The zero-order valence-corrected chi connectivity index (χ0v) is 17.6. The highest BCUT2D eigenvalue weighted by molar-refractivity contribution is 14.0. The van der Waals surface area contributed by atoms with Crippen LogP contribution in [0.4, 0.5) is 0 Å². The molecule has 0 aliphatic rings. The summed E-state index contributed by atoms with van der Waals surface area (Å²) in [6.07, 6.45) is 1.14. The van der Waals surface area contributed by atoms with Gasteiger partial charge in [0, 0.05) is 30.7 Å². The van der Waals surface area contributed by atoms with Crippen LogP contribution in [0.25, 0.3) is 0 Å². The van der Waals surface area contributed by atoms with E-state index in [1.165, 1.54) is 0 Å². The van der Waals surface area contributed by atoms with Gasteiger partial charge in [0.05, 0.1) is 6.26 Å². The number of rotatable bonds is 6. The predicted octanol–water partition coefficient (Wildman–Crippen LogP) is 1.95. The summed E-state index contributed by atoms with van der Waals surface area (Å²) in [5.74, 6) is 0.596. The average Bonchev–Trinajstić information content (AvgIpc) is 2.38. The fraction of sp³-hybridized carbons (Fsp3) is 0.500. The Morgan fingerprint density at radius 1 is 1.22 bits per heavy atom. The lowest BCUT2D eigenvalue weighted by atomic mass is 10.1. The molecule has 0 fully saturated rings. The van der Waals surface area contributed by atoms with E-state index < -0.39 is 15.6 Å². The summed E-state index contributed by atoms with van der Waals surface area (Å²) >= 11 is 5.84. The van der Waals surface area contributed by atoms with Crippen LogP contribution in [0.3, 0.4) is 0 Å². The van der Waals surface area contributed by atoms with Crippen molar-refractivity contribution in [1.29, 1.82) is 0 Å². The van der Waals surface area contributed by atoms with Crippen molar-refractivity contribution in [2.75, 3.05) is 19.8 Å². The van der Waals surface area contributed by atoms with Gasteiger partial charge in [-0.05, 0) is 31.5 Å². The molecule has 0 amide bonds. The highest BCUT2D eigenvalue weighted by Gasteiger charge is 2.22. The zero-order chi connectivity index (χ0) is 16.8. The number of benzene rings is 1. The molecule has 0 spiro atoms. The molecule has 1 aromatic carbocycles. The maximum absolute atomic E-state index is 11.3. The number of nitrogens with zero attached hydrogens (tertiary/aromatic N) is 1. The van der Waals surface area contributed by atoms with Crippen LogP contribution < -0.4 is 15.4 Å². The topological polar surface area (TPSA) is 82.6 Å². The van der Waals surface area contributed by atoms with E-state index in [0.717, 1.165) is 11.8 Å². The summed E-state index contributed by atoms with van der Waals surface area (Å²) in [5, 5.41) is 6.95. The summed E-state index contributed by atoms with van der Waals surface area (Å²) in [6.45, 7) is 4.60. The smallest absolute Gasteiger partial charge is 0.209 e. The van der Waals surface area contributed by atoms with Crippen molar-refractivity contribution in [2.45, 2.75) is 25.9 Å². The van der Waals surface area contributed by atoms with Gasteiger partial charge in [-0.3, -0.25) is 4.99 Å². The molecule has 0 aliphatic heterocycles. The van der Waals surface area contributed by atoms with Gasteiger partial charge in [0.15, 0.2) is 5.96 Å². The first kappa shape index (κ1) is 22.4. The molecule has 0 saturated heterocycles. The fourth-order valence-electron chi connectivity index (χ4n) is 1.85. The summed E-state index contributed by atoms with van der Waals surface area (Å²) < 4.78 is 25.2. The second-order valence-corrected chi connectivity index (χ2v) is 7.85. The first-order valence-electron chi connectivity index (χ1n) is 6.79. The molecule has 0 bridgehead atoms. The Labute approximate surface area is 160 Å². The summed E-state index contributed by atoms with van der Waals surface area (Å²) in [6, 6.07) is 7.51. The highest BCUT2D eigenvalue weighted by Crippen LogP contribution is 2.09. The van der Waals surface area contributed by atoms with E-state index in [4.69, 9.17) is 11.6 Å². The third-order valence-corrected chi connectivity index (χ3v) is 3.93. The monoisotopic (exact) mass is 474 g/mol. The molecule has 0 saturated carbocycles. The third kappa shape index (κ3) is 10.0. The molecule has 1 rings (SSSR count). The average molecular weight is 475 g/mol. The second kappa shape index (κ2) is 9.65. The van der Waals surface area contributed by atoms with E-state index in [-0.39, 0.29) is 24.0 Å². The summed E-state index contributed by atoms with van der Waals surface area (Å²) in [5.41, 5.74) is 0.451. The molecule has 9 heteroatoms. The van der Waals surface area contributed by atoms with E-state index in [1.807, 2.05) is 24.3 Å². The lowest BCUT2D eigenvalue weighted by Crippen LogP contribution is -2.52. The number of guanidine groups is 1. The maximum Gasteiger partial charge on any atom is 0.209 e. The molecular formula is C14H24ClIN4O2S. The molecule has 3 N–H and O–H groups in total. The Balaban J connectivity index is 0.00000484. The number of aliphatic imine (C=N–C) groups is 1. The number of nitrogens with one attached hydrogen (secondary N) is 3. The van der Waals surface area contributed by atoms with Crippen molar-refractivity contribution in [3.63, 3.8) is 0 Å². The van der Waals surface area contributed by atoms with Crippen molar-refractivity contribution < 1.29 is 8.42 Å². The van der Waals surface area contributed by atoms with Gasteiger partial charge in [0.1, 0.15) is 0 Å². The first-order valence-corrected chi connectivity index (χ1v) is 9.06.